The molecule has 1 amide bonds. The zero-order chi connectivity index (χ0) is 18.5. The number of nitro groups is 1. The number of nitrogens with zero attached hydrogens (tertiary/aromatic N) is 3. The molecule has 3 rings (SSSR count). The number of benzene rings is 2. The Hall–Kier alpha value is -2.61. The zero-order valence-corrected chi connectivity index (χ0v) is 14.8. The summed E-state index contributed by atoms with van der Waals surface area (Å²) in [6, 6.07) is 12.7. The lowest BCUT2D eigenvalue weighted by molar-refractivity contribution is -0.387. The maximum absolute atomic E-state index is 13.0. The van der Waals surface area contributed by atoms with Crippen LogP contribution >= 0.6 is 11.8 Å². The highest BCUT2D eigenvalue weighted by Gasteiger charge is 2.22. The molecule has 0 N–H and O–H groups in total. The van der Waals surface area contributed by atoms with Gasteiger partial charge in [0.25, 0.3) is 5.69 Å². The van der Waals surface area contributed by atoms with E-state index in [0.717, 1.165) is 5.69 Å². The quantitative estimate of drug-likeness (QED) is 0.456. The molecule has 136 valence electrons. The summed E-state index contributed by atoms with van der Waals surface area (Å²) in [5.74, 6) is -0.136. The van der Waals surface area contributed by atoms with Crippen molar-refractivity contribution in [2.45, 2.75) is 4.90 Å². The van der Waals surface area contributed by atoms with Crippen LogP contribution in [0.25, 0.3) is 0 Å². The monoisotopic (exact) mass is 375 g/mol. The first-order valence-electron chi connectivity index (χ1n) is 8.19. The van der Waals surface area contributed by atoms with Crippen molar-refractivity contribution in [2.24, 2.45) is 0 Å². The average Bonchev–Trinajstić information content (AvgIpc) is 2.67. The van der Waals surface area contributed by atoms with E-state index in [-0.39, 0.29) is 23.2 Å². The van der Waals surface area contributed by atoms with Gasteiger partial charge in [-0.2, -0.15) is 0 Å². The SMILES string of the molecule is O=C(CSc1ccccc1[N+](=O)[O-])N1CCN(c2ccc(F)cc2)CC1. The van der Waals surface area contributed by atoms with E-state index in [1.54, 1.807) is 35.2 Å². The number of anilines is 1. The summed E-state index contributed by atoms with van der Waals surface area (Å²) in [6.07, 6.45) is 0. The summed E-state index contributed by atoms with van der Waals surface area (Å²) in [4.78, 5) is 27.4. The molecule has 1 fully saturated rings. The number of nitro benzene ring substituents is 1. The van der Waals surface area contributed by atoms with Gasteiger partial charge in [0.1, 0.15) is 5.82 Å². The van der Waals surface area contributed by atoms with E-state index in [4.69, 9.17) is 0 Å². The molecule has 8 heteroatoms. The van der Waals surface area contributed by atoms with Gasteiger partial charge in [0.05, 0.1) is 15.6 Å². The molecule has 0 aliphatic carbocycles. The summed E-state index contributed by atoms with van der Waals surface area (Å²) in [5.41, 5.74) is 0.958. The van der Waals surface area contributed by atoms with E-state index in [2.05, 4.69) is 4.90 Å². The van der Waals surface area contributed by atoms with Gasteiger partial charge in [-0.15, -0.1) is 11.8 Å². The molecule has 1 heterocycles. The van der Waals surface area contributed by atoms with Crippen molar-refractivity contribution in [2.75, 3.05) is 36.8 Å². The fraction of sp³-hybridized carbons (Fsp3) is 0.278. The van der Waals surface area contributed by atoms with Crippen LogP contribution in [-0.4, -0.2) is 47.7 Å². The molecule has 1 saturated heterocycles. The molecule has 0 atom stereocenters. The van der Waals surface area contributed by atoms with Crippen LogP contribution in [0.2, 0.25) is 0 Å². The highest BCUT2D eigenvalue weighted by Crippen LogP contribution is 2.29. The topological polar surface area (TPSA) is 66.7 Å². The van der Waals surface area contributed by atoms with Crippen LogP contribution in [0.4, 0.5) is 15.8 Å². The Kier molecular flexibility index (Phi) is 5.72. The molecule has 6 nitrogen and oxygen atoms in total. The average molecular weight is 375 g/mol. The number of carbonyl (C=O) groups is 1. The Morgan fingerprint density at radius 3 is 2.38 bits per heavy atom. The Morgan fingerprint density at radius 2 is 1.73 bits per heavy atom. The third kappa shape index (κ3) is 4.32. The molecule has 0 saturated carbocycles. The predicted octanol–water partition coefficient (Wildman–Crippen LogP) is 3.17. The van der Waals surface area contributed by atoms with Gasteiger partial charge in [0.15, 0.2) is 0 Å². The third-order valence-corrected chi connectivity index (χ3v) is 5.28. The first-order valence-corrected chi connectivity index (χ1v) is 9.17. The lowest BCUT2D eigenvalue weighted by Crippen LogP contribution is -2.49. The van der Waals surface area contributed by atoms with E-state index in [1.807, 2.05) is 0 Å². The molecule has 0 spiro atoms. The van der Waals surface area contributed by atoms with E-state index >= 15 is 0 Å². The summed E-state index contributed by atoms with van der Waals surface area (Å²) in [6.45, 7) is 2.50. The molecule has 2 aromatic carbocycles. The Morgan fingerprint density at radius 1 is 1.08 bits per heavy atom. The van der Waals surface area contributed by atoms with Crippen LogP contribution in [-0.2, 0) is 4.79 Å². The molecule has 26 heavy (non-hydrogen) atoms. The van der Waals surface area contributed by atoms with Gasteiger partial charge in [-0.1, -0.05) is 12.1 Å². The molecule has 0 radical (unpaired) electrons. The summed E-state index contributed by atoms with van der Waals surface area (Å²) in [7, 11) is 0. The van der Waals surface area contributed by atoms with Crippen LogP contribution in [0.15, 0.2) is 53.4 Å². The molecule has 1 aliphatic rings. The van der Waals surface area contributed by atoms with Crippen molar-refractivity contribution in [1.82, 2.24) is 4.90 Å². The number of piperazine rings is 1. The molecule has 0 bridgehead atoms. The van der Waals surface area contributed by atoms with Gasteiger partial charge in [-0.3, -0.25) is 14.9 Å². The minimum absolute atomic E-state index is 0.0198. The molecular formula is C18H18FN3O3S. The van der Waals surface area contributed by atoms with Gasteiger partial charge in [0, 0.05) is 37.9 Å². The number of rotatable bonds is 5. The number of para-hydroxylation sites is 1. The Labute approximate surface area is 154 Å². The molecular weight excluding hydrogens is 357 g/mol. The largest absolute Gasteiger partial charge is 0.368 e. The van der Waals surface area contributed by atoms with Crippen LogP contribution < -0.4 is 4.90 Å². The number of halogens is 1. The Balaban J connectivity index is 1.53. The molecule has 1 aliphatic heterocycles. The summed E-state index contributed by atoms with van der Waals surface area (Å²) < 4.78 is 13.0. The lowest BCUT2D eigenvalue weighted by Gasteiger charge is -2.36. The second-order valence-corrected chi connectivity index (χ2v) is 6.87. The maximum atomic E-state index is 13.0. The summed E-state index contributed by atoms with van der Waals surface area (Å²) in [5, 5.41) is 11.0. The van der Waals surface area contributed by atoms with E-state index in [9.17, 15) is 19.3 Å². The van der Waals surface area contributed by atoms with Crippen LogP contribution in [0, 0.1) is 15.9 Å². The van der Waals surface area contributed by atoms with Crippen molar-refractivity contribution in [3.63, 3.8) is 0 Å². The number of thioether (sulfide) groups is 1. The fourth-order valence-corrected chi connectivity index (χ4v) is 3.75. The van der Waals surface area contributed by atoms with Crippen molar-refractivity contribution in [1.29, 1.82) is 0 Å². The highest BCUT2D eigenvalue weighted by atomic mass is 32.2. The molecule has 0 aromatic heterocycles. The third-order valence-electron chi connectivity index (χ3n) is 4.24. The van der Waals surface area contributed by atoms with Crippen LogP contribution in [0.3, 0.4) is 0 Å². The van der Waals surface area contributed by atoms with Gasteiger partial charge >= 0.3 is 0 Å². The van der Waals surface area contributed by atoms with Gasteiger partial charge in [-0.25, -0.2) is 4.39 Å². The standard InChI is InChI=1S/C18H18FN3O3S/c19-14-5-7-15(8-6-14)20-9-11-21(12-10-20)18(23)13-26-17-4-2-1-3-16(17)22(24)25/h1-8H,9-13H2. The van der Waals surface area contributed by atoms with E-state index in [1.165, 1.54) is 30.0 Å². The summed E-state index contributed by atoms with van der Waals surface area (Å²) >= 11 is 1.19. The molecule has 2 aromatic rings. The fourth-order valence-electron chi connectivity index (χ4n) is 2.83. The van der Waals surface area contributed by atoms with Gasteiger partial charge < -0.3 is 9.80 Å². The highest BCUT2D eigenvalue weighted by molar-refractivity contribution is 8.00. The van der Waals surface area contributed by atoms with E-state index in [0.29, 0.717) is 31.1 Å². The predicted molar refractivity (Wildman–Crippen MR) is 99.0 cm³/mol. The smallest absolute Gasteiger partial charge is 0.282 e. The Bertz CT molecular complexity index is 793. The van der Waals surface area contributed by atoms with Gasteiger partial charge in [-0.05, 0) is 30.3 Å². The first-order chi connectivity index (χ1) is 12.5. The zero-order valence-electron chi connectivity index (χ0n) is 14.0. The van der Waals surface area contributed by atoms with Gasteiger partial charge in [0.2, 0.25) is 5.91 Å². The first kappa shape index (κ1) is 18.2. The van der Waals surface area contributed by atoms with E-state index < -0.39 is 4.92 Å². The minimum Gasteiger partial charge on any atom is -0.368 e. The number of amides is 1. The molecule has 0 unspecified atom stereocenters. The number of carbonyl (C=O) groups excluding carboxylic acids is 1. The maximum Gasteiger partial charge on any atom is 0.282 e. The normalized spacial score (nSPS) is 14.3. The van der Waals surface area contributed by atoms with Crippen LogP contribution in [0.5, 0.6) is 0 Å². The minimum atomic E-state index is -0.436. The second kappa shape index (κ2) is 8.18. The van der Waals surface area contributed by atoms with Crippen molar-refractivity contribution in [3.8, 4) is 0 Å². The van der Waals surface area contributed by atoms with Crippen molar-refractivity contribution < 1.29 is 14.1 Å². The number of hydrogen-bond acceptors (Lipinski definition) is 5. The van der Waals surface area contributed by atoms with Crippen molar-refractivity contribution in [3.05, 3.63) is 64.5 Å². The van der Waals surface area contributed by atoms with Crippen molar-refractivity contribution >= 4 is 29.0 Å². The van der Waals surface area contributed by atoms with Crippen LogP contribution in [0.1, 0.15) is 0 Å². The lowest BCUT2D eigenvalue weighted by atomic mass is 10.2. The number of hydrogen-bond donors (Lipinski definition) is 0. The second-order valence-electron chi connectivity index (χ2n) is 5.86.